The van der Waals surface area contributed by atoms with Crippen LogP contribution in [-0.2, 0) is 6.61 Å². The van der Waals surface area contributed by atoms with Crippen molar-refractivity contribution in [3.05, 3.63) is 108 Å². The minimum Gasteiger partial charge on any atom is -0.489 e. The number of aromatic carboxylic acids is 1. The first-order valence-corrected chi connectivity index (χ1v) is 10.7. The lowest BCUT2D eigenvalue weighted by Gasteiger charge is -2.10. The summed E-state index contributed by atoms with van der Waals surface area (Å²) in [5, 5.41) is 9.63. The number of hydrogen-bond donors (Lipinski definition) is 2. The van der Waals surface area contributed by atoms with Crippen molar-refractivity contribution >= 4 is 17.0 Å². The molecule has 0 unspecified atom stereocenters. The normalized spacial score (nSPS) is 10.9. The number of fused-ring (bicyclic) bond motifs is 1. The number of aromatic amines is 1. The molecule has 2 N–H and O–H groups in total. The van der Waals surface area contributed by atoms with Gasteiger partial charge in [-0.25, -0.2) is 9.78 Å². The molecular formula is C28H22N2O3. The van der Waals surface area contributed by atoms with Gasteiger partial charge in [0.15, 0.2) is 0 Å². The van der Waals surface area contributed by atoms with Crippen LogP contribution < -0.4 is 4.74 Å². The zero-order chi connectivity index (χ0) is 22.8. The second-order valence-electron chi connectivity index (χ2n) is 7.93. The number of aryl methyl sites for hydroxylation is 1. The molecule has 5 nitrogen and oxygen atoms in total. The highest BCUT2D eigenvalue weighted by atomic mass is 16.5. The second kappa shape index (κ2) is 8.63. The number of carboxylic acid groups (broad SMARTS) is 1. The smallest absolute Gasteiger partial charge is 0.337 e. The molecule has 1 heterocycles. The largest absolute Gasteiger partial charge is 0.489 e. The van der Waals surface area contributed by atoms with Crippen molar-refractivity contribution in [3.63, 3.8) is 0 Å². The average Bonchev–Trinajstić information content (AvgIpc) is 3.23. The highest BCUT2D eigenvalue weighted by Gasteiger charge is 2.15. The van der Waals surface area contributed by atoms with Crippen LogP contribution >= 0.6 is 0 Å². The predicted octanol–water partition coefficient (Wildman–Crippen LogP) is 6.48. The van der Waals surface area contributed by atoms with E-state index in [-0.39, 0.29) is 5.56 Å². The summed E-state index contributed by atoms with van der Waals surface area (Å²) in [6.45, 7) is 2.34. The molecule has 0 saturated carbocycles. The van der Waals surface area contributed by atoms with Gasteiger partial charge in [-0.05, 0) is 59.0 Å². The van der Waals surface area contributed by atoms with Crippen LogP contribution in [0.15, 0.2) is 91.0 Å². The van der Waals surface area contributed by atoms with Crippen LogP contribution in [0.2, 0.25) is 0 Å². The molecule has 0 aliphatic rings. The lowest BCUT2D eigenvalue weighted by Crippen LogP contribution is -1.98. The highest BCUT2D eigenvalue weighted by Crippen LogP contribution is 2.30. The van der Waals surface area contributed by atoms with Gasteiger partial charge in [-0.3, -0.25) is 0 Å². The maximum Gasteiger partial charge on any atom is 0.337 e. The molecule has 0 aliphatic carbocycles. The Morgan fingerprint density at radius 3 is 2.30 bits per heavy atom. The topological polar surface area (TPSA) is 75.2 Å². The van der Waals surface area contributed by atoms with Gasteiger partial charge < -0.3 is 14.8 Å². The van der Waals surface area contributed by atoms with Crippen LogP contribution in [0.4, 0.5) is 0 Å². The zero-order valence-electron chi connectivity index (χ0n) is 18.1. The van der Waals surface area contributed by atoms with Crippen LogP contribution in [0.1, 0.15) is 21.7 Å². The number of carboxylic acids is 1. The number of ether oxygens (including phenoxy) is 1. The molecule has 0 amide bonds. The van der Waals surface area contributed by atoms with Gasteiger partial charge in [-0.15, -0.1) is 0 Å². The van der Waals surface area contributed by atoms with Crippen molar-refractivity contribution in [2.75, 3.05) is 0 Å². The Morgan fingerprint density at radius 2 is 1.58 bits per heavy atom. The Balaban J connectivity index is 1.40. The summed E-state index contributed by atoms with van der Waals surface area (Å²) in [6.07, 6.45) is 0. The van der Waals surface area contributed by atoms with Crippen molar-refractivity contribution in [2.24, 2.45) is 0 Å². The molecule has 0 bridgehead atoms. The van der Waals surface area contributed by atoms with Gasteiger partial charge >= 0.3 is 5.97 Å². The van der Waals surface area contributed by atoms with E-state index in [1.807, 2.05) is 91.9 Å². The summed E-state index contributed by atoms with van der Waals surface area (Å²) in [5.74, 6) is 0.512. The van der Waals surface area contributed by atoms with Gasteiger partial charge in [-0.2, -0.15) is 0 Å². The lowest BCUT2D eigenvalue weighted by molar-refractivity contribution is 0.0699. The Morgan fingerprint density at radius 1 is 0.848 bits per heavy atom. The number of nitrogens with one attached hydrogen (secondary N) is 1. The number of rotatable bonds is 6. The molecule has 4 aromatic carbocycles. The van der Waals surface area contributed by atoms with E-state index in [2.05, 4.69) is 9.97 Å². The predicted molar refractivity (Wildman–Crippen MR) is 129 cm³/mol. The summed E-state index contributed by atoms with van der Waals surface area (Å²) in [6, 6.07) is 29.8. The lowest BCUT2D eigenvalue weighted by atomic mass is 9.98. The maximum absolute atomic E-state index is 11.8. The Labute approximate surface area is 191 Å². The third kappa shape index (κ3) is 4.34. The first-order chi connectivity index (χ1) is 16.1. The molecule has 5 heteroatoms. The van der Waals surface area contributed by atoms with Crippen molar-refractivity contribution < 1.29 is 14.6 Å². The number of H-pyrrole nitrogens is 1. The summed E-state index contributed by atoms with van der Waals surface area (Å²) < 4.78 is 5.96. The Hall–Kier alpha value is -4.38. The van der Waals surface area contributed by atoms with Crippen molar-refractivity contribution in [2.45, 2.75) is 13.5 Å². The molecule has 5 rings (SSSR count). The SMILES string of the molecule is Cc1nc2c(C(=O)O)cc(-c3ccc(-c4cccc(OCc5ccccc5)c4)cc3)cc2[nH]1. The van der Waals surface area contributed by atoms with Gasteiger partial charge in [0.2, 0.25) is 0 Å². The standard InChI is InChI=1S/C28H22N2O3/c1-18-29-26-16-23(15-25(28(31)32)27(26)30-18)21-12-10-20(11-13-21)22-8-5-9-24(14-22)33-17-19-6-3-2-4-7-19/h2-16H,17H2,1H3,(H,29,30)(H,31,32). The van der Waals surface area contributed by atoms with E-state index in [4.69, 9.17) is 4.74 Å². The van der Waals surface area contributed by atoms with Crippen LogP contribution in [-0.4, -0.2) is 21.0 Å². The van der Waals surface area contributed by atoms with Gasteiger partial charge in [0.05, 0.1) is 11.1 Å². The fourth-order valence-electron chi connectivity index (χ4n) is 3.93. The van der Waals surface area contributed by atoms with Crippen molar-refractivity contribution in [3.8, 4) is 28.0 Å². The van der Waals surface area contributed by atoms with E-state index in [0.717, 1.165) is 39.1 Å². The minimum atomic E-state index is -0.989. The van der Waals surface area contributed by atoms with Crippen LogP contribution in [0, 0.1) is 6.92 Å². The molecule has 0 fully saturated rings. The van der Waals surface area contributed by atoms with E-state index in [9.17, 15) is 9.90 Å². The fourth-order valence-corrected chi connectivity index (χ4v) is 3.93. The zero-order valence-corrected chi connectivity index (χ0v) is 18.1. The molecule has 0 aliphatic heterocycles. The van der Waals surface area contributed by atoms with Crippen LogP contribution in [0.5, 0.6) is 5.75 Å². The number of carbonyl (C=O) groups is 1. The number of benzene rings is 4. The molecule has 33 heavy (non-hydrogen) atoms. The molecule has 0 radical (unpaired) electrons. The van der Waals surface area contributed by atoms with Gasteiger partial charge in [0.1, 0.15) is 23.7 Å². The van der Waals surface area contributed by atoms with E-state index in [1.54, 1.807) is 6.07 Å². The van der Waals surface area contributed by atoms with Gasteiger partial charge in [-0.1, -0.05) is 66.7 Å². The summed E-state index contributed by atoms with van der Waals surface area (Å²) in [7, 11) is 0. The Kier molecular flexibility index (Phi) is 5.37. The number of imidazole rings is 1. The minimum absolute atomic E-state index is 0.194. The molecule has 0 spiro atoms. The number of aromatic nitrogens is 2. The van der Waals surface area contributed by atoms with E-state index in [0.29, 0.717) is 17.9 Å². The highest BCUT2D eigenvalue weighted by molar-refractivity contribution is 6.03. The quantitative estimate of drug-likeness (QED) is 0.321. The number of hydrogen-bond acceptors (Lipinski definition) is 3. The van der Waals surface area contributed by atoms with Crippen LogP contribution in [0.3, 0.4) is 0 Å². The number of nitrogens with zero attached hydrogens (tertiary/aromatic N) is 1. The Bertz CT molecular complexity index is 1440. The molecule has 5 aromatic rings. The molecule has 1 aromatic heterocycles. The monoisotopic (exact) mass is 434 g/mol. The van der Waals surface area contributed by atoms with Gasteiger partial charge in [0, 0.05) is 0 Å². The summed E-state index contributed by atoms with van der Waals surface area (Å²) in [5.41, 5.74) is 6.39. The summed E-state index contributed by atoms with van der Waals surface area (Å²) in [4.78, 5) is 19.2. The molecule has 0 saturated heterocycles. The third-order valence-electron chi connectivity index (χ3n) is 5.57. The van der Waals surface area contributed by atoms with E-state index < -0.39 is 5.97 Å². The first kappa shape index (κ1) is 20.5. The second-order valence-corrected chi connectivity index (χ2v) is 7.93. The average molecular weight is 434 g/mol. The maximum atomic E-state index is 11.8. The van der Waals surface area contributed by atoms with Crippen LogP contribution in [0.25, 0.3) is 33.3 Å². The molecule has 162 valence electrons. The molecular weight excluding hydrogens is 412 g/mol. The van der Waals surface area contributed by atoms with Crippen molar-refractivity contribution in [1.29, 1.82) is 0 Å². The fraction of sp³-hybridized carbons (Fsp3) is 0.0714. The first-order valence-electron chi connectivity index (χ1n) is 10.7. The van der Waals surface area contributed by atoms with E-state index >= 15 is 0 Å². The third-order valence-corrected chi connectivity index (χ3v) is 5.57. The summed E-state index contributed by atoms with van der Waals surface area (Å²) >= 11 is 0. The molecule has 0 atom stereocenters. The van der Waals surface area contributed by atoms with Crippen molar-refractivity contribution in [1.82, 2.24) is 9.97 Å². The van der Waals surface area contributed by atoms with Gasteiger partial charge in [0.25, 0.3) is 0 Å². The van der Waals surface area contributed by atoms with E-state index in [1.165, 1.54) is 0 Å².